The summed E-state index contributed by atoms with van der Waals surface area (Å²) in [5.74, 6) is -1.69. The lowest BCUT2D eigenvalue weighted by Crippen LogP contribution is -2.59. The average Bonchev–Trinajstić information content (AvgIpc) is 2.72. The Kier molecular flexibility index (Phi) is 9.68. The second-order valence-electron chi connectivity index (χ2n) is 10.3. The minimum Gasteiger partial charge on any atom is -0.468 e. The quantitative estimate of drug-likeness (QED) is 0.515. The van der Waals surface area contributed by atoms with E-state index in [-0.39, 0.29) is 24.4 Å². The summed E-state index contributed by atoms with van der Waals surface area (Å²) >= 11 is 0. The van der Waals surface area contributed by atoms with E-state index in [1.165, 1.54) is 7.11 Å². The molecule has 2 unspecified atom stereocenters. The van der Waals surface area contributed by atoms with E-state index in [0.29, 0.717) is 5.56 Å². The van der Waals surface area contributed by atoms with Gasteiger partial charge in [-0.3, -0.25) is 14.4 Å². The highest BCUT2D eigenvalue weighted by Crippen LogP contribution is 2.34. The zero-order valence-electron chi connectivity index (χ0n) is 21.8. The smallest absolute Gasteiger partial charge is 0.408 e. The van der Waals surface area contributed by atoms with Gasteiger partial charge in [-0.15, -0.1) is 0 Å². The number of hydrogen-bond donors (Lipinski definition) is 2. The molecule has 1 aromatic rings. The topological polar surface area (TPSA) is 114 Å². The molecule has 0 saturated heterocycles. The summed E-state index contributed by atoms with van der Waals surface area (Å²) in [5, 5.41) is 5.32. The van der Waals surface area contributed by atoms with Gasteiger partial charge in [0.1, 0.15) is 24.2 Å². The molecule has 9 nitrogen and oxygen atoms in total. The van der Waals surface area contributed by atoms with Crippen LogP contribution in [0.15, 0.2) is 24.3 Å². The number of hydrogen-bond acceptors (Lipinski definition) is 6. The predicted molar refractivity (Wildman–Crippen MR) is 131 cm³/mol. The molecule has 0 aromatic heterocycles. The fourth-order valence-corrected chi connectivity index (χ4v) is 3.90. The first kappa shape index (κ1) is 28.1. The number of rotatable bonds is 9. The molecule has 35 heavy (non-hydrogen) atoms. The van der Waals surface area contributed by atoms with Crippen molar-refractivity contribution in [2.24, 2.45) is 5.92 Å². The number of benzene rings is 1. The minimum absolute atomic E-state index is 0.168. The van der Waals surface area contributed by atoms with Gasteiger partial charge in [0.2, 0.25) is 11.8 Å². The van der Waals surface area contributed by atoms with E-state index < -0.39 is 35.7 Å². The molecular weight excluding hydrogens is 450 g/mol. The van der Waals surface area contributed by atoms with Crippen molar-refractivity contribution in [1.82, 2.24) is 15.5 Å². The highest BCUT2D eigenvalue weighted by Gasteiger charge is 2.42. The van der Waals surface area contributed by atoms with Crippen molar-refractivity contribution in [3.63, 3.8) is 0 Å². The number of carbonyl (C=O) groups is 4. The number of alkyl carbamates (subject to hydrolysis) is 1. The lowest BCUT2D eigenvalue weighted by Gasteiger charge is -2.44. The lowest BCUT2D eigenvalue weighted by molar-refractivity contribution is -0.149. The van der Waals surface area contributed by atoms with Gasteiger partial charge in [-0.05, 0) is 58.4 Å². The van der Waals surface area contributed by atoms with Crippen molar-refractivity contribution in [1.29, 1.82) is 0 Å². The van der Waals surface area contributed by atoms with E-state index in [0.717, 1.165) is 24.8 Å². The van der Waals surface area contributed by atoms with Crippen LogP contribution in [0.2, 0.25) is 0 Å². The molecule has 9 heteroatoms. The van der Waals surface area contributed by atoms with Gasteiger partial charge in [0.05, 0.1) is 7.11 Å². The van der Waals surface area contributed by atoms with Gasteiger partial charge in [0.25, 0.3) is 0 Å². The van der Waals surface area contributed by atoms with Gasteiger partial charge < -0.3 is 25.0 Å². The van der Waals surface area contributed by atoms with Gasteiger partial charge in [-0.25, -0.2) is 4.79 Å². The second kappa shape index (κ2) is 12.0. The maximum absolute atomic E-state index is 14.0. The maximum Gasteiger partial charge on any atom is 0.408 e. The number of carbonyl (C=O) groups excluding carboxylic acids is 4. The molecule has 3 amide bonds. The van der Waals surface area contributed by atoms with E-state index in [1.54, 1.807) is 31.7 Å². The zero-order chi connectivity index (χ0) is 26.3. The summed E-state index contributed by atoms with van der Waals surface area (Å²) in [5.41, 5.74) is 0.842. The number of amides is 3. The summed E-state index contributed by atoms with van der Waals surface area (Å²) in [4.78, 5) is 53.3. The van der Waals surface area contributed by atoms with Gasteiger partial charge in [0, 0.05) is 6.04 Å². The standard InChI is InChI=1S/C26H39N3O6/c1-16(2)21(28-25(33)35-26(4,5)6)24(32)29(19-12-9-13-19)22(18-11-8-10-17(3)14-18)23(31)27-15-20(30)34-7/h8,10-11,14,16,19,21-22H,9,12-13,15H2,1-7H3,(H,27,31)(H,28,33). The molecule has 2 atom stereocenters. The van der Waals surface area contributed by atoms with Crippen molar-refractivity contribution >= 4 is 23.9 Å². The third-order valence-corrected chi connectivity index (χ3v) is 5.85. The monoisotopic (exact) mass is 489 g/mol. The second-order valence-corrected chi connectivity index (χ2v) is 10.3. The first-order valence-electron chi connectivity index (χ1n) is 12.1. The van der Waals surface area contributed by atoms with E-state index >= 15 is 0 Å². The minimum atomic E-state index is -0.973. The average molecular weight is 490 g/mol. The molecule has 194 valence electrons. The summed E-state index contributed by atoms with van der Waals surface area (Å²) < 4.78 is 10.0. The van der Waals surface area contributed by atoms with Crippen LogP contribution in [0, 0.1) is 12.8 Å². The Morgan fingerprint density at radius 3 is 2.29 bits per heavy atom. The van der Waals surface area contributed by atoms with Crippen LogP contribution in [0.1, 0.15) is 71.0 Å². The van der Waals surface area contributed by atoms with E-state index in [4.69, 9.17) is 4.74 Å². The Bertz CT molecular complexity index is 920. The number of esters is 1. The van der Waals surface area contributed by atoms with Crippen molar-refractivity contribution in [2.45, 2.75) is 84.5 Å². The van der Waals surface area contributed by atoms with Crippen LogP contribution in [0.5, 0.6) is 0 Å². The van der Waals surface area contributed by atoms with Crippen LogP contribution in [-0.2, 0) is 23.9 Å². The molecule has 0 heterocycles. The molecular formula is C26H39N3O6. The third kappa shape index (κ3) is 7.97. The Morgan fingerprint density at radius 2 is 1.80 bits per heavy atom. The molecule has 1 aliphatic rings. The van der Waals surface area contributed by atoms with Crippen LogP contribution in [0.4, 0.5) is 4.79 Å². The normalized spacial score (nSPS) is 15.4. The SMILES string of the molecule is COC(=O)CNC(=O)C(c1cccc(C)c1)N(C(=O)C(NC(=O)OC(C)(C)C)C(C)C)C1CCC1. The van der Waals surface area contributed by atoms with Gasteiger partial charge in [0.15, 0.2) is 0 Å². The molecule has 0 bridgehead atoms. The Hall–Kier alpha value is -3.10. The first-order valence-corrected chi connectivity index (χ1v) is 12.1. The molecule has 0 spiro atoms. The number of nitrogens with one attached hydrogen (secondary N) is 2. The number of nitrogens with zero attached hydrogens (tertiary/aromatic N) is 1. The molecule has 2 rings (SSSR count). The van der Waals surface area contributed by atoms with Gasteiger partial charge in [-0.1, -0.05) is 43.7 Å². The Balaban J connectivity index is 2.45. The fourth-order valence-electron chi connectivity index (χ4n) is 3.90. The summed E-state index contributed by atoms with van der Waals surface area (Å²) in [6.07, 6.45) is 1.73. The van der Waals surface area contributed by atoms with Crippen LogP contribution in [0.3, 0.4) is 0 Å². The van der Waals surface area contributed by atoms with Crippen LogP contribution in [0.25, 0.3) is 0 Å². The molecule has 0 radical (unpaired) electrons. The van der Waals surface area contributed by atoms with E-state index in [9.17, 15) is 19.2 Å². The largest absolute Gasteiger partial charge is 0.468 e. The van der Waals surface area contributed by atoms with Crippen LogP contribution >= 0.6 is 0 Å². The molecule has 1 aromatic carbocycles. The van der Waals surface area contributed by atoms with Crippen molar-refractivity contribution < 1.29 is 28.7 Å². The number of aryl methyl sites for hydroxylation is 1. The fraction of sp³-hybridized carbons (Fsp3) is 0.615. The number of methoxy groups -OCH3 is 1. The third-order valence-electron chi connectivity index (χ3n) is 5.85. The van der Waals surface area contributed by atoms with E-state index in [2.05, 4.69) is 15.4 Å². The molecule has 2 N–H and O–H groups in total. The van der Waals surface area contributed by atoms with Crippen LogP contribution < -0.4 is 10.6 Å². The molecule has 1 fully saturated rings. The van der Waals surface area contributed by atoms with Gasteiger partial charge in [-0.2, -0.15) is 0 Å². The Morgan fingerprint density at radius 1 is 1.14 bits per heavy atom. The highest BCUT2D eigenvalue weighted by molar-refractivity contribution is 5.93. The van der Waals surface area contributed by atoms with Crippen molar-refractivity contribution in [2.75, 3.05) is 13.7 Å². The molecule has 0 aliphatic heterocycles. The van der Waals surface area contributed by atoms with Crippen LogP contribution in [-0.4, -0.2) is 60.1 Å². The summed E-state index contributed by atoms with van der Waals surface area (Å²) in [6, 6.07) is 5.34. The summed E-state index contributed by atoms with van der Waals surface area (Å²) in [7, 11) is 1.24. The highest BCUT2D eigenvalue weighted by atomic mass is 16.6. The van der Waals surface area contributed by atoms with Gasteiger partial charge >= 0.3 is 12.1 Å². The summed E-state index contributed by atoms with van der Waals surface area (Å²) in [6.45, 7) is 10.5. The lowest BCUT2D eigenvalue weighted by atomic mass is 9.87. The maximum atomic E-state index is 14.0. The molecule has 1 saturated carbocycles. The van der Waals surface area contributed by atoms with Crippen molar-refractivity contribution in [3.05, 3.63) is 35.4 Å². The van der Waals surface area contributed by atoms with Crippen molar-refractivity contribution in [3.8, 4) is 0 Å². The number of ether oxygens (including phenoxy) is 2. The Labute approximate surface area is 207 Å². The predicted octanol–water partition coefficient (Wildman–Crippen LogP) is 3.26. The zero-order valence-corrected chi connectivity index (χ0v) is 21.8. The molecule has 1 aliphatic carbocycles. The van der Waals surface area contributed by atoms with E-state index in [1.807, 2.05) is 39.0 Å². The first-order chi connectivity index (χ1) is 16.3.